The molecule has 0 atom stereocenters. The first-order valence-electron chi connectivity index (χ1n) is 7.68. The van der Waals surface area contributed by atoms with E-state index < -0.39 is 0 Å². The minimum absolute atomic E-state index is 0.0796. The summed E-state index contributed by atoms with van der Waals surface area (Å²) in [6.45, 7) is 2.09. The molecule has 0 unspecified atom stereocenters. The molecule has 2 N–H and O–H groups in total. The molecule has 0 fully saturated rings. The predicted molar refractivity (Wildman–Crippen MR) is 98.6 cm³/mol. The van der Waals surface area contributed by atoms with Gasteiger partial charge in [0.25, 0.3) is 0 Å². The Hall–Kier alpha value is -2.80. The Morgan fingerprint density at radius 2 is 1.92 bits per heavy atom. The Balaban J connectivity index is 1.82. The zero-order valence-corrected chi connectivity index (χ0v) is 15.1. The van der Waals surface area contributed by atoms with E-state index in [0.717, 1.165) is 15.8 Å². The molecule has 1 aromatic heterocycles. The zero-order chi connectivity index (χ0) is 18.0. The van der Waals surface area contributed by atoms with Gasteiger partial charge in [-0.3, -0.25) is 10.2 Å². The molecule has 2 aromatic carbocycles. The molecule has 0 aliphatic rings. The Kier molecular flexibility index (Phi) is 4.76. The number of rotatable bonds is 5. The van der Waals surface area contributed by atoms with Crippen molar-refractivity contribution in [2.24, 2.45) is 0 Å². The summed E-state index contributed by atoms with van der Waals surface area (Å²) >= 11 is 1.37. The number of benzene rings is 2. The quantitative estimate of drug-likeness (QED) is 0.736. The number of hydrogen-bond acceptors (Lipinski definition) is 5. The number of nitrogens with zero attached hydrogens (tertiary/aromatic N) is 1. The minimum atomic E-state index is -0.203. The van der Waals surface area contributed by atoms with Gasteiger partial charge in [0.15, 0.2) is 16.3 Å². The number of fused-ring (bicyclic) bond motifs is 1. The molecule has 0 spiro atoms. The number of hydrogen-bond donors (Lipinski definition) is 2. The summed E-state index contributed by atoms with van der Waals surface area (Å²) in [5, 5.41) is 11.0. The fourth-order valence-electron chi connectivity index (χ4n) is 2.61. The van der Waals surface area contributed by atoms with Crippen molar-refractivity contribution in [2.75, 3.05) is 19.5 Å². The van der Waals surface area contributed by atoms with Gasteiger partial charge in [-0.1, -0.05) is 17.4 Å². The van der Waals surface area contributed by atoms with Crippen molar-refractivity contribution in [1.82, 2.24) is 4.57 Å². The van der Waals surface area contributed by atoms with Crippen LogP contribution in [0.15, 0.2) is 36.4 Å². The SMILES string of the molecule is COc1ccc(NC(=O)Cn2c(=N)sc3cc(C)ccc32)cc1OC. The standard InChI is InChI=1S/C18H19N3O3S/c1-11-4-6-13-16(8-11)25-18(19)21(13)10-17(22)20-12-5-7-14(23-2)15(9-12)24-3/h4-9,19H,10H2,1-3H3,(H,20,22). The highest BCUT2D eigenvalue weighted by atomic mass is 32.1. The largest absolute Gasteiger partial charge is 0.493 e. The maximum Gasteiger partial charge on any atom is 0.244 e. The van der Waals surface area contributed by atoms with Gasteiger partial charge in [-0.25, -0.2) is 0 Å². The average Bonchev–Trinajstić information content (AvgIpc) is 2.89. The second-order valence-electron chi connectivity index (χ2n) is 5.58. The molecule has 1 amide bonds. The fourth-order valence-corrected chi connectivity index (χ4v) is 3.62. The van der Waals surface area contributed by atoms with Crippen LogP contribution in [0.25, 0.3) is 10.2 Å². The number of nitrogens with one attached hydrogen (secondary N) is 2. The fraction of sp³-hybridized carbons (Fsp3) is 0.222. The van der Waals surface area contributed by atoms with Crippen molar-refractivity contribution in [1.29, 1.82) is 5.41 Å². The number of anilines is 1. The summed E-state index contributed by atoms with van der Waals surface area (Å²) in [5.41, 5.74) is 2.64. The molecule has 6 nitrogen and oxygen atoms in total. The normalized spacial score (nSPS) is 10.7. The molecule has 3 aromatic rings. The van der Waals surface area contributed by atoms with Crippen LogP contribution in [0.4, 0.5) is 5.69 Å². The molecule has 0 saturated carbocycles. The molecule has 0 radical (unpaired) electrons. The van der Waals surface area contributed by atoms with E-state index in [1.54, 1.807) is 37.0 Å². The third-order valence-electron chi connectivity index (χ3n) is 3.83. The van der Waals surface area contributed by atoms with Crippen LogP contribution in [0.5, 0.6) is 11.5 Å². The topological polar surface area (TPSA) is 76.3 Å². The van der Waals surface area contributed by atoms with E-state index >= 15 is 0 Å². The van der Waals surface area contributed by atoms with Crippen LogP contribution in [-0.2, 0) is 11.3 Å². The Labute approximate surface area is 149 Å². The molecule has 0 saturated heterocycles. The highest BCUT2D eigenvalue weighted by Crippen LogP contribution is 2.29. The Morgan fingerprint density at radius 1 is 1.16 bits per heavy atom. The van der Waals surface area contributed by atoms with E-state index in [-0.39, 0.29) is 12.5 Å². The van der Waals surface area contributed by atoms with E-state index in [0.29, 0.717) is 22.0 Å². The number of aryl methyl sites for hydroxylation is 1. The highest BCUT2D eigenvalue weighted by molar-refractivity contribution is 7.16. The number of carbonyl (C=O) groups is 1. The first-order chi connectivity index (χ1) is 12.0. The number of ether oxygens (including phenoxy) is 2. The molecular weight excluding hydrogens is 338 g/mol. The molecule has 0 aliphatic carbocycles. The van der Waals surface area contributed by atoms with Crippen LogP contribution in [-0.4, -0.2) is 24.7 Å². The second kappa shape index (κ2) is 6.98. The molecular formula is C18H19N3O3S. The number of thiazole rings is 1. The third kappa shape index (κ3) is 3.51. The molecule has 130 valence electrons. The molecule has 3 rings (SSSR count). The summed E-state index contributed by atoms with van der Waals surface area (Å²) in [5.74, 6) is 0.944. The van der Waals surface area contributed by atoms with Crippen molar-refractivity contribution in [3.63, 3.8) is 0 Å². The Morgan fingerprint density at radius 3 is 2.64 bits per heavy atom. The van der Waals surface area contributed by atoms with Gasteiger partial charge < -0.3 is 19.4 Å². The van der Waals surface area contributed by atoms with E-state index in [4.69, 9.17) is 14.9 Å². The molecule has 7 heteroatoms. The Bertz CT molecular complexity index is 991. The van der Waals surface area contributed by atoms with Gasteiger partial charge >= 0.3 is 0 Å². The van der Waals surface area contributed by atoms with Gasteiger partial charge in [-0.2, -0.15) is 0 Å². The van der Waals surface area contributed by atoms with Gasteiger partial charge in [0.05, 0.1) is 24.4 Å². The molecule has 0 aliphatic heterocycles. The summed E-state index contributed by atoms with van der Waals surface area (Å²) in [6, 6.07) is 11.2. The smallest absolute Gasteiger partial charge is 0.244 e. The van der Waals surface area contributed by atoms with Gasteiger partial charge in [-0.15, -0.1) is 0 Å². The average molecular weight is 357 g/mol. The van der Waals surface area contributed by atoms with Crippen molar-refractivity contribution < 1.29 is 14.3 Å². The molecule has 0 bridgehead atoms. The van der Waals surface area contributed by atoms with Gasteiger partial charge in [-0.05, 0) is 36.8 Å². The summed E-state index contributed by atoms with van der Waals surface area (Å²) in [6.07, 6.45) is 0. The van der Waals surface area contributed by atoms with Crippen molar-refractivity contribution >= 4 is 33.1 Å². The predicted octanol–water partition coefficient (Wildman–Crippen LogP) is 3.15. The number of amides is 1. The van der Waals surface area contributed by atoms with Crippen LogP contribution in [0, 0.1) is 12.3 Å². The zero-order valence-electron chi connectivity index (χ0n) is 14.3. The van der Waals surface area contributed by atoms with E-state index in [1.165, 1.54) is 11.3 Å². The lowest BCUT2D eigenvalue weighted by Gasteiger charge is -2.11. The van der Waals surface area contributed by atoms with Crippen LogP contribution in [0.2, 0.25) is 0 Å². The van der Waals surface area contributed by atoms with Crippen molar-refractivity contribution in [3.8, 4) is 11.5 Å². The molecule has 25 heavy (non-hydrogen) atoms. The van der Waals surface area contributed by atoms with E-state index in [9.17, 15) is 4.79 Å². The third-order valence-corrected chi connectivity index (χ3v) is 4.79. The minimum Gasteiger partial charge on any atom is -0.493 e. The number of aromatic nitrogens is 1. The first-order valence-corrected chi connectivity index (χ1v) is 8.50. The maximum absolute atomic E-state index is 12.4. The summed E-state index contributed by atoms with van der Waals surface area (Å²) < 4.78 is 13.1. The van der Waals surface area contributed by atoms with Gasteiger partial charge in [0.2, 0.25) is 5.91 Å². The second-order valence-corrected chi connectivity index (χ2v) is 6.61. The number of carbonyl (C=O) groups excluding carboxylic acids is 1. The van der Waals surface area contributed by atoms with Crippen LogP contribution in [0.3, 0.4) is 0 Å². The summed E-state index contributed by atoms with van der Waals surface area (Å²) in [7, 11) is 3.11. The van der Waals surface area contributed by atoms with Gasteiger partial charge in [0.1, 0.15) is 6.54 Å². The molecule has 1 heterocycles. The van der Waals surface area contributed by atoms with Crippen molar-refractivity contribution in [3.05, 3.63) is 46.8 Å². The maximum atomic E-state index is 12.4. The van der Waals surface area contributed by atoms with Crippen LogP contribution in [0.1, 0.15) is 5.56 Å². The summed E-state index contributed by atoms with van der Waals surface area (Å²) in [4.78, 5) is 12.8. The van der Waals surface area contributed by atoms with Crippen LogP contribution < -0.4 is 19.6 Å². The van der Waals surface area contributed by atoms with Crippen LogP contribution >= 0.6 is 11.3 Å². The monoisotopic (exact) mass is 357 g/mol. The van der Waals surface area contributed by atoms with Crippen molar-refractivity contribution in [2.45, 2.75) is 13.5 Å². The van der Waals surface area contributed by atoms with E-state index in [1.807, 2.05) is 25.1 Å². The van der Waals surface area contributed by atoms with E-state index in [2.05, 4.69) is 5.32 Å². The highest BCUT2D eigenvalue weighted by Gasteiger charge is 2.11. The number of methoxy groups -OCH3 is 2. The lowest BCUT2D eigenvalue weighted by molar-refractivity contribution is -0.116. The lowest BCUT2D eigenvalue weighted by atomic mass is 10.2. The lowest BCUT2D eigenvalue weighted by Crippen LogP contribution is -2.24. The first kappa shape index (κ1) is 17.0. The van der Waals surface area contributed by atoms with Gasteiger partial charge in [0, 0.05) is 11.8 Å².